The summed E-state index contributed by atoms with van der Waals surface area (Å²) < 4.78 is 38.1. The minimum atomic E-state index is -3.84. The number of methoxy groups -OCH3 is 1. The van der Waals surface area contributed by atoms with Gasteiger partial charge >= 0.3 is 5.97 Å². The van der Waals surface area contributed by atoms with Gasteiger partial charge in [0, 0.05) is 0 Å². The largest absolute Gasteiger partial charge is 0.497 e. The van der Waals surface area contributed by atoms with Crippen molar-refractivity contribution in [2.24, 2.45) is 0 Å². The first-order valence-corrected chi connectivity index (χ1v) is 9.70. The van der Waals surface area contributed by atoms with Crippen LogP contribution in [0.5, 0.6) is 5.75 Å². The number of hydrogen-bond acceptors (Lipinski definition) is 5. The monoisotopic (exact) mass is 397 g/mol. The molecule has 0 spiro atoms. The van der Waals surface area contributed by atoms with Gasteiger partial charge in [0.15, 0.2) is 0 Å². The quantitative estimate of drug-likeness (QED) is 0.746. The van der Waals surface area contributed by atoms with E-state index in [2.05, 4.69) is 4.72 Å². The number of benzene rings is 2. The van der Waals surface area contributed by atoms with Crippen LogP contribution in [0.15, 0.2) is 35.2 Å². The van der Waals surface area contributed by atoms with Crippen LogP contribution in [-0.4, -0.2) is 28.1 Å². The summed E-state index contributed by atoms with van der Waals surface area (Å²) in [5, 5.41) is 0.104. The number of nitrogens with one attached hydrogen (secondary N) is 1. The number of halogens is 1. The lowest BCUT2D eigenvalue weighted by molar-refractivity contribution is 0.0526. The van der Waals surface area contributed by atoms with E-state index in [1.165, 1.54) is 25.3 Å². The average Bonchev–Trinajstić information content (AvgIpc) is 2.53. The fourth-order valence-electron chi connectivity index (χ4n) is 2.61. The molecule has 0 unspecified atom stereocenters. The predicted octanol–water partition coefficient (Wildman–Crippen LogP) is 3.94. The lowest BCUT2D eigenvalue weighted by Crippen LogP contribution is -2.16. The number of carbonyl (C=O) groups excluding carboxylic acids is 1. The Labute approximate surface area is 158 Å². The topological polar surface area (TPSA) is 81.7 Å². The molecule has 2 rings (SSSR count). The molecule has 0 aromatic heterocycles. The molecule has 1 N–H and O–H groups in total. The van der Waals surface area contributed by atoms with Gasteiger partial charge in [-0.05, 0) is 62.2 Å². The van der Waals surface area contributed by atoms with Crippen molar-refractivity contribution in [1.29, 1.82) is 0 Å². The fourth-order valence-corrected chi connectivity index (χ4v) is 4.37. The second-order valence-corrected chi connectivity index (χ2v) is 7.64. The van der Waals surface area contributed by atoms with Gasteiger partial charge in [-0.25, -0.2) is 13.2 Å². The molecular weight excluding hydrogens is 378 g/mol. The molecular formula is C18H20ClNO5S. The highest BCUT2D eigenvalue weighted by Gasteiger charge is 2.21. The van der Waals surface area contributed by atoms with E-state index in [-0.39, 0.29) is 27.8 Å². The van der Waals surface area contributed by atoms with E-state index in [1.807, 2.05) is 0 Å². The number of esters is 1. The molecule has 2 aromatic carbocycles. The first-order chi connectivity index (χ1) is 12.2. The lowest BCUT2D eigenvalue weighted by atomic mass is 10.1. The zero-order valence-electron chi connectivity index (χ0n) is 14.9. The summed E-state index contributed by atoms with van der Waals surface area (Å²) in [7, 11) is -2.32. The minimum Gasteiger partial charge on any atom is -0.497 e. The van der Waals surface area contributed by atoms with Gasteiger partial charge in [-0.2, -0.15) is 0 Å². The van der Waals surface area contributed by atoms with Gasteiger partial charge in [-0.15, -0.1) is 0 Å². The van der Waals surface area contributed by atoms with Gasteiger partial charge in [0.1, 0.15) is 5.75 Å². The van der Waals surface area contributed by atoms with Gasteiger partial charge in [0.25, 0.3) is 10.0 Å². The van der Waals surface area contributed by atoms with Crippen molar-refractivity contribution in [3.05, 3.63) is 52.0 Å². The van der Waals surface area contributed by atoms with Gasteiger partial charge in [0.2, 0.25) is 0 Å². The fraction of sp³-hybridized carbons (Fsp3) is 0.278. The van der Waals surface area contributed by atoms with Gasteiger partial charge in [-0.1, -0.05) is 11.6 Å². The summed E-state index contributed by atoms with van der Waals surface area (Å²) in [4.78, 5) is 11.9. The first kappa shape index (κ1) is 20.1. The summed E-state index contributed by atoms with van der Waals surface area (Å²) in [5.41, 5.74) is 1.54. The van der Waals surface area contributed by atoms with Crippen LogP contribution >= 0.6 is 11.6 Å². The molecule has 6 nitrogen and oxygen atoms in total. The number of aryl methyl sites for hydroxylation is 2. The van der Waals surface area contributed by atoms with Crippen molar-refractivity contribution in [1.82, 2.24) is 0 Å². The van der Waals surface area contributed by atoms with Gasteiger partial charge < -0.3 is 9.47 Å². The lowest BCUT2D eigenvalue weighted by Gasteiger charge is -2.15. The standard InChI is InChI=1S/C18H20ClNO5S/c1-5-25-18(21)15-7-6-13(10-16(15)19)20-26(22,23)17-11(2)8-14(24-4)9-12(17)3/h6-10,20H,5H2,1-4H3. The Bertz CT molecular complexity index is 918. The molecule has 0 aliphatic rings. The summed E-state index contributed by atoms with van der Waals surface area (Å²) in [6.45, 7) is 5.30. The second kappa shape index (κ2) is 7.97. The van der Waals surface area contributed by atoms with Crippen molar-refractivity contribution in [3.8, 4) is 5.75 Å². The Morgan fingerprint density at radius 3 is 2.27 bits per heavy atom. The number of carbonyl (C=O) groups is 1. The van der Waals surface area contributed by atoms with E-state index in [1.54, 1.807) is 32.9 Å². The first-order valence-electron chi connectivity index (χ1n) is 7.84. The van der Waals surface area contributed by atoms with Crippen LogP contribution in [0.3, 0.4) is 0 Å². The molecule has 0 saturated carbocycles. The van der Waals surface area contributed by atoms with Crippen LogP contribution in [0.4, 0.5) is 5.69 Å². The molecule has 140 valence electrons. The summed E-state index contributed by atoms with van der Waals surface area (Å²) in [6.07, 6.45) is 0. The molecule has 0 saturated heterocycles. The Balaban J connectivity index is 2.36. The molecule has 0 radical (unpaired) electrons. The summed E-state index contributed by atoms with van der Waals surface area (Å²) >= 11 is 6.08. The van der Waals surface area contributed by atoms with Gasteiger partial charge in [-0.3, -0.25) is 4.72 Å². The van der Waals surface area contributed by atoms with E-state index < -0.39 is 16.0 Å². The molecule has 8 heteroatoms. The third-order valence-electron chi connectivity index (χ3n) is 3.65. The highest BCUT2D eigenvalue weighted by atomic mass is 35.5. The van der Waals surface area contributed by atoms with E-state index >= 15 is 0 Å². The maximum atomic E-state index is 12.8. The van der Waals surface area contributed by atoms with Crippen molar-refractivity contribution in [2.45, 2.75) is 25.7 Å². The second-order valence-electron chi connectivity index (χ2n) is 5.61. The SMILES string of the molecule is CCOC(=O)c1ccc(NS(=O)(=O)c2c(C)cc(OC)cc2C)cc1Cl. The molecule has 0 aliphatic heterocycles. The molecule has 0 bridgehead atoms. The van der Waals surface area contributed by atoms with Crippen molar-refractivity contribution < 1.29 is 22.7 Å². The third-order valence-corrected chi connectivity index (χ3v) is 5.65. The molecule has 26 heavy (non-hydrogen) atoms. The molecule has 0 heterocycles. The molecule has 0 amide bonds. The summed E-state index contributed by atoms with van der Waals surface area (Å²) in [5.74, 6) is 0.0227. The molecule has 0 atom stereocenters. The smallest absolute Gasteiger partial charge is 0.339 e. The molecule has 0 fully saturated rings. The van der Waals surface area contributed by atoms with Crippen molar-refractivity contribution >= 4 is 33.3 Å². The maximum Gasteiger partial charge on any atom is 0.339 e. The Morgan fingerprint density at radius 1 is 1.15 bits per heavy atom. The van der Waals surface area contributed by atoms with E-state index in [9.17, 15) is 13.2 Å². The third kappa shape index (κ3) is 4.28. The number of anilines is 1. The molecule has 0 aliphatic carbocycles. The number of sulfonamides is 1. The summed E-state index contributed by atoms with van der Waals surface area (Å²) in [6, 6.07) is 7.56. The Hall–Kier alpha value is -2.25. The van der Waals surface area contributed by atoms with E-state index in [0.717, 1.165) is 0 Å². The molecule has 2 aromatic rings. The normalized spacial score (nSPS) is 11.1. The predicted molar refractivity (Wildman–Crippen MR) is 101 cm³/mol. The van der Waals surface area contributed by atoms with E-state index in [0.29, 0.717) is 16.9 Å². The van der Waals surface area contributed by atoms with Crippen LogP contribution in [-0.2, 0) is 14.8 Å². The van der Waals surface area contributed by atoms with Crippen LogP contribution in [0, 0.1) is 13.8 Å². The zero-order chi connectivity index (χ0) is 19.5. The number of rotatable bonds is 6. The average molecular weight is 398 g/mol. The van der Waals surface area contributed by atoms with Crippen LogP contribution in [0.2, 0.25) is 5.02 Å². The number of hydrogen-bond donors (Lipinski definition) is 1. The Morgan fingerprint density at radius 2 is 1.77 bits per heavy atom. The highest BCUT2D eigenvalue weighted by molar-refractivity contribution is 7.92. The maximum absolute atomic E-state index is 12.8. The van der Waals surface area contributed by atoms with Crippen molar-refractivity contribution in [3.63, 3.8) is 0 Å². The number of ether oxygens (including phenoxy) is 2. The van der Waals surface area contributed by atoms with Crippen molar-refractivity contribution in [2.75, 3.05) is 18.4 Å². The van der Waals surface area contributed by atoms with Gasteiger partial charge in [0.05, 0.1) is 34.9 Å². The van der Waals surface area contributed by atoms with E-state index in [4.69, 9.17) is 21.1 Å². The highest BCUT2D eigenvalue weighted by Crippen LogP contribution is 2.29. The zero-order valence-corrected chi connectivity index (χ0v) is 16.5. The van der Waals surface area contributed by atoms with Crippen LogP contribution in [0.25, 0.3) is 0 Å². The minimum absolute atomic E-state index is 0.104. The van der Waals surface area contributed by atoms with Crippen LogP contribution < -0.4 is 9.46 Å². The Kier molecular flexibility index (Phi) is 6.15. The van der Waals surface area contributed by atoms with Crippen LogP contribution in [0.1, 0.15) is 28.4 Å².